The molecule has 0 spiro atoms. The van der Waals surface area contributed by atoms with Gasteiger partial charge in [0.1, 0.15) is 0 Å². The van der Waals surface area contributed by atoms with E-state index < -0.39 is 29.7 Å². The van der Waals surface area contributed by atoms with Crippen LogP contribution in [0.5, 0.6) is 0 Å². The van der Waals surface area contributed by atoms with Crippen molar-refractivity contribution in [3.05, 3.63) is 0 Å². The monoisotopic (exact) mass is 299 g/mol. The maximum Gasteiger partial charge on any atom is 0.324 e. The normalized spacial score (nSPS) is 21.7. The molecule has 4 amide bonds. The molecule has 1 rings (SSSR count). The molecule has 0 aromatic rings. The Morgan fingerprint density at radius 1 is 1.24 bits per heavy atom. The van der Waals surface area contributed by atoms with Crippen molar-refractivity contribution in [2.24, 2.45) is 11.7 Å². The van der Waals surface area contributed by atoms with Crippen LogP contribution in [0.1, 0.15) is 39.0 Å². The van der Waals surface area contributed by atoms with Crippen LogP contribution in [0.3, 0.4) is 0 Å². The molecule has 1 aliphatic heterocycles. The van der Waals surface area contributed by atoms with E-state index in [4.69, 9.17) is 10.8 Å². The van der Waals surface area contributed by atoms with Crippen LogP contribution in [0.25, 0.3) is 0 Å². The first kappa shape index (κ1) is 16.9. The van der Waals surface area contributed by atoms with Gasteiger partial charge >= 0.3 is 12.0 Å². The summed E-state index contributed by atoms with van der Waals surface area (Å²) in [7, 11) is 0. The fraction of sp³-hybridized carbons (Fsp3) is 0.692. The average molecular weight is 299 g/mol. The van der Waals surface area contributed by atoms with E-state index in [1.54, 1.807) is 0 Å². The molecule has 0 bridgehead atoms. The van der Waals surface area contributed by atoms with Gasteiger partial charge < -0.3 is 15.7 Å². The van der Waals surface area contributed by atoms with Crippen molar-refractivity contribution < 1.29 is 24.3 Å². The summed E-state index contributed by atoms with van der Waals surface area (Å²) in [5.41, 5.74) is 5.25. The summed E-state index contributed by atoms with van der Waals surface area (Å²) in [6.45, 7) is 2.04. The number of hydrogen-bond acceptors (Lipinski definition) is 4. The summed E-state index contributed by atoms with van der Waals surface area (Å²) in [5, 5.41) is 10.7. The third-order valence-corrected chi connectivity index (χ3v) is 3.59. The maximum absolute atomic E-state index is 12.0. The quantitative estimate of drug-likeness (QED) is 0.661. The van der Waals surface area contributed by atoms with E-state index in [2.05, 4.69) is 5.32 Å². The molecule has 0 aromatic carbocycles. The van der Waals surface area contributed by atoms with Crippen LogP contribution < -0.4 is 11.1 Å². The van der Waals surface area contributed by atoms with Crippen molar-refractivity contribution in [3.63, 3.8) is 0 Å². The highest BCUT2D eigenvalue weighted by atomic mass is 16.4. The average Bonchev–Trinajstić information content (AvgIpc) is 2.38. The van der Waals surface area contributed by atoms with Gasteiger partial charge in [0.2, 0.25) is 11.8 Å². The van der Waals surface area contributed by atoms with Crippen LogP contribution in [0.15, 0.2) is 0 Å². The molecule has 0 saturated carbocycles. The molecule has 0 radical (unpaired) electrons. The number of amides is 4. The van der Waals surface area contributed by atoms with Gasteiger partial charge in [-0.2, -0.15) is 0 Å². The molecule has 2 unspecified atom stereocenters. The van der Waals surface area contributed by atoms with Gasteiger partial charge in [-0.25, -0.2) is 4.79 Å². The Labute approximate surface area is 122 Å². The van der Waals surface area contributed by atoms with Crippen molar-refractivity contribution >= 4 is 23.8 Å². The number of hydrogen-bond donors (Lipinski definition) is 3. The number of carboxylic acids is 1. The van der Waals surface area contributed by atoms with E-state index in [0.29, 0.717) is 12.8 Å². The van der Waals surface area contributed by atoms with E-state index >= 15 is 0 Å². The minimum absolute atomic E-state index is 0.0283. The lowest BCUT2D eigenvalue weighted by molar-refractivity contribution is -0.137. The van der Waals surface area contributed by atoms with E-state index in [9.17, 15) is 19.2 Å². The summed E-state index contributed by atoms with van der Waals surface area (Å²) in [6, 6.07) is -0.638. The standard InChI is InChI=1S/C13H21N3O5/c1-8-5-6-9(12(14)20)7-16(8)13(21)15-10(17)3-2-4-11(18)19/h8-9H,2-7H2,1H3,(H2,14,20)(H,18,19)(H,15,17,21). The molecule has 1 fully saturated rings. The Morgan fingerprint density at radius 3 is 2.48 bits per heavy atom. The zero-order valence-electron chi connectivity index (χ0n) is 12.0. The van der Waals surface area contributed by atoms with Crippen molar-refractivity contribution in [2.75, 3.05) is 6.54 Å². The Kier molecular flexibility index (Phi) is 6.13. The molecule has 0 aromatic heterocycles. The van der Waals surface area contributed by atoms with Crippen LogP contribution in [0.4, 0.5) is 4.79 Å². The van der Waals surface area contributed by atoms with Crippen LogP contribution in [0.2, 0.25) is 0 Å². The molecule has 1 aliphatic rings. The van der Waals surface area contributed by atoms with Gasteiger partial charge in [-0.15, -0.1) is 0 Å². The van der Waals surface area contributed by atoms with Gasteiger partial charge in [0.15, 0.2) is 0 Å². The minimum atomic E-state index is -0.983. The SMILES string of the molecule is CC1CCC(C(N)=O)CN1C(=O)NC(=O)CCCC(=O)O. The number of carboxylic acid groups (broad SMARTS) is 1. The Morgan fingerprint density at radius 2 is 1.90 bits per heavy atom. The number of primary amides is 1. The highest BCUT2D eigenvalue weighted by Gasteiger charge is 2.32. The number of carbonyl (C=O) groups is 4. The van der Waals surface area contributed by atoms with E-state index in [0.717, 1.165) is 0 Å². The van der Waals surface area contributed by atoms with E-state index in [-0.39, 0.29) is 31.8 Å². The lowest BCUT2D eigenvalue weighted by Crippen LogP contribution is -2.53. The fourth-order valence-electron chi connectivity index (χ4n) is 2.28. The van der Waals surface area contributed by atoms with Crippen LogP contribution >= 0.6 is 0 Å². The third-order valence-electron chi connectivity index (χ3n) is 3.59. The van der Waals surface area contributed by atoms with Gasteiger partial charge in [-0.05, 0) is 26.2 Å². The largest absolute Gasteiger partial charge is 0.481 e. The molecular formula is C13H21N3O5. The van der Waals surface area contributed by atoms with Gasteiger partial charge in [-0.3, -0.25) is 19.7 Å². The molecular weight excluding hydrogens is 278 g/mol. The summed E-state index contributed by atoms with van der Waals surface area (Å²) in [4.78, 5) is 46.5. The maximum atomic E-state index is 12.0. The highest BCUT2D eigenvalue weighted by molar-refractivity contribution is 5.94. The van der Waals surface area contributed by atoms with Gasteiger partial charge in [0, 0.05) is 25.4 Å². The van der Waals surface area contributed by atoms with E-state index in [1.807, 2.05) is 6.92 Å². The molecule has 1 saturated heterocycles. The molecule has 0 aliphatic carbocycles. The highest BCUT2D eigenvalue weighted by Crippen LogP contribution is 2.21. The minimum Gasteiger partial charge on any atom is -0.481 e. The number of nitrogens with one attached hydrogen (secondary N) is 1. The Hall–Kier alpha value is -2.12. The summed E-state index contributed by atoms with van der Waals surface area (Å²) in [5.74, 6) is -2.35. The Bertz CT molecular complexity index is 438. The third kappa shape index (κ3) is 5.41. The number of likely N-dealkylation sites (tertiary alicyclic amines) is 1. The van der Waals surface area contributed by atoms with Crippen LogP contribution in [0, 0.1) is 5.92 Å². The van der Waals surface area contributed by atoms with Crippen molar-refractivity contribution in [1.82, 2.24) is 10.2 Å². The zero-order valence-corrected chi connectivity index (χ0v) is 12.0. The number of nitrogens with zero attached hydrogens (tertiary/aromatic N) is 1. The smallest absolute Gasteiger partial charge is 0.324 e. The number of urea groups is 1. The fourth-order valence-corrected chi connectivity index (χ4v) is 2.28. The predicted molar refractivity (Wildman–Crippen MR) is 73.1 cm³/mol. The second-order valence-electron chi connectivity index (χ2n) is 5.28. The molecule has 8 heteroatoms. The Balaban J connectivity index is 2.47. The van der Waals surface area contributed by atoms with Crippen LogP contribution in [-0.4, -0.2) is 46.4 Å². The van der Waals surface area contributed by atoms with Gasteiger partial charge in [-0.1, -0.05) is 0 Å². The molecule has 2 atom stereocenters. The molecule has 118 valence electrons. The lowest BCUT2D eigenvalue weighted by Gasteiger charge is -2.36. The molecule has 1 heterocycles. The second kappa shape index (κ2) is 7.61. The number of piperidine rings is 1. The zero-order chi connectivity index (χ0) is 16.0. The number of imide groups is 1. The first-order chi connectivity index (χ1) is 9.81. The van der Waals surface area contributed by atoms with E-state index in [1.165, 1.54) is 4.90 Å². The van der Waals surface area contributed by atoms with Crippen molar-refractivity contribution in [3.8, 4) is 0 Å². The topological polar surface area (TPSA) is 130 Å². The predicted octanol–water partition coefficient (Wildman–Crippen LogP) is 0.0633. The van der Waals surface area contributed by atoms with Gasteiger partial charge in [0.25, 0.3) is 0 Å². The molecule has 21 heavy (non-hydrogen) atoms. The summed E-state index contributed by atoms with van der Waals surface area (Å²) in [6.07, 6.45) is 1.31. The number of rotatable bonds is 5. The summed E-state index contributed by atoms with van der Waals surface area (Å²) < 4.78 is 0. The van der Waals surface area contributed by atoms with Crippen molar-refractivity contribution in [1.29, 1.82) is 0 Å². The first-order valence-electron chi connectivity index (χ1n) is 6.92. The number of nitrogens with two attached hydrogens (primary N) is 1. The van der Waals surface area contributed by atoms with Crippen LogP contribution in [-0.2, 0) is 14.4 Å². The summed E-state index contributed by atoms with van der Waals surface area (Å²) >= 11 is 0. The first-order valence-corrected chi connectivity index (χ1v) is 6.92. The molecule has 8 nitrogen and oxygen atoms in total. The second-order valence-corrected chi connectivity index (χ2v) is 5.28. The number of carbonyl (C=O) groups excluding carboxylic acids is 3. The molecule has 4 N–H and O–H groups in total. The lowest BCUT2D eigenvalue weighted by atomic mass is 9.93. The van der Waals surface area contributed by atoms with Crippen molar-refractivity contribution in [2.45, 2.75) is 45.1 Å². The number of aliphatic carboxylic acids is 1. The van der Waals surface area contributed by atoms with Gasteiger partial charge in [0.05, 0.1) is 5.92 Å².